The third-order valence-electron chi connectivity index (χ3n) is 6.40. The van der Waals surface area contributed by atoms with E-state index >= 15 is 0 Å². The zero-order valence-electron chi connectivity index (χ0n) is 18.1. The number of benzene rings is 1. The number of aromatic nitrogens is 2. The van der Waals surface area contributed by atoms with E-state index in [1.807, 2.05) is 0 Å². The van der Waals surface area contributed by atoms with Gasteiger partial charge < -0.3 is 19.3 Å². The Morgan fingerprint density at radius 1 is 1.35 bits per heavy atom. The van der Waals surface area contributed by atoms with Crippen LogP contribution in [0, 0.1) is 23.6 Å². The number of hydrogen-bond donors (Lipinski definition) is 1. The number of piperidine rings is 1. The van der Waals surface area contributed by atoms with Crippen LogP contribution in [0.15, 0.2) is 22.7 Å². The van der Waals surface area contributed by atoms with Gasteiger partial charge in [-0.1, -0.05) is 31.1 Å². The number of carboxylic acids is 1. The van der Waals surface area contributed by atoms with Crippen molar-refractivity contribution in [2.45, 2.75) is 52.1 Å². The molecule has 2 aliphatic rings. The molecule has 0 radical (unpaired) electrons. The van der Waals surface area contributed by atoms with Crippen molar-refractivity contribution in [2.75, 3.05) is 24.6 Å². The molecule has 7 nitrogen and oxygen atoms in total. The lowest BCUT2D eigenvalue weighted by Gasteiger charge is -2.30. The predicted octanol–water partition coefficient (Wildman–Crippen LogP) is 4.03. The molecule has 168 valence electrons. The molecule has 0 amide bonds. The normalized spacial score (nSPS) is 21.6. The second-order valence-electron chi connectivity index (χ2n) is 9.09. The van der Waals surface area contributed by atoms with Gasteiger partial charge in [0.05, 0.1) is 19.6 Å². The lowest BCUT2D eigenvalue weighted by Crippen LogP contribution is -2.34. The third-order valence-corrected chi connectivity index (χ3v) is 6.40. The van der Waals surface area contributed by atoms with E-state index in [1.165, 1.54) is 12.5 Å². The Bertz CT molecular complexity index is 908. The molecule has 2 atom stereocenters. The number of carbonyl (C=O) groups is 1. The molecule has 0 bridgehead atoms. The number of aliphatic carboxylic acids is 1. The molecule has 1 saturated carbocycles. The molecular formula is C23H30FN3O4. The summed E-state index contributed by atoms with van der Waals surface area (Å²) in [5, 5.41) is 12.9. The van der Waals surface area contributed by atoms with E-state index in [9.17, 15) is 9.18 Å². The summed E-state index contributed by atoms with van der Waals surface area (Å²) in [5.41, 5.74) is 0.934. The molecule has 2 aromatic rings. The minimum absolute atomic E-state index is 0.175. The lowest BCUT2D eigenvalue weighted by atomic mass is 9.91. The Morgan fingerprint density at radius 3 is 2.77 bits per heavy atom. The molecule has 1 aliphatic heterocycles. The second-order valence-corrected chi connectivity index (χ2v) is 9.09. The number of rotatable bonds is 9. The molecular weight excluding hydrogens is 401 g/mol. The highest BCUT2D eigenvalue weighted by Crippen LogP contribution is 2.48. The van der Waals surface area contributed by atoms with Crippen LogP contribution in [-0.2, 0) is 22.6 Å². The Kier molecular flexibility index (Phi) is 6.55. The van der Waals surface area contributed by atoms with Gasteiger partial charge in [0.2, 0.25) is 0 Å². The van der Waals surface area contributed by atoms with E-state index < -0.39 is 11.8 Å². The van der Waals surface area contributed by atoms with Crippen molar-refractivity contribution in [3.63, 3.8) is 0 Å². The molecule has 1 aliphatic carbocycles. The summed E-state index contributed by atoms with van der Waals surface area (Å²) in [4.78, 5) is 17.4. The first-order valence-corrected chi connectivity index (χ1v) is 11.1. The molecule has 2 unspecified atom stereocenters. The van der Waals surface area contributed by atoms with Crippen molar-refractivity contribution in [3.05, 3.63) is 41.0 Å². The van der Waals surface area contributed by atoms with Crippen LogP contribution in [0.4, 0.5) is 10.4 Å². The molecule has 2 fully saturated rings. The molecule has 1 saturated heterocycles. The largest absolute Gasteiger partial charge is 0.481 e. The zero-order valence-corrected chi connectivity index (χ0v) is 18.1. The molecule has 1 N–H and O–H groups in total. The van der Waals surface area contributed by atoms with Crippen LogP contribution >= 0.6 is 0 Å². The Labute approximate surface area is 181 Å². The number of halogens is 1. The molecule has 4 rings (SSSR count). The van der Waals surface area contributed by atoms with Crippen molar-refractivity contribution in [2.24, 2.45) is 17.8 Å². The van der Waals surface area contributed by atoms with Gasteiger partial charge in [-0.15, -0.1) is 0 Å². The van der Waals surface area contributed by atoms with Crippen molar-refractivity contribution < 1.29 is 23.6 Å². The van der Waals surface area contributed by atoms with Gasteiger partial charge in [0.25, 0.3) is 0 Å². The first-order valence-electron chi connectivity index (χ1n) is 11.1. The molecule has 1 aromatic heterocycles. The first kappa shape index (κ1) is 21.7. The standard InChI is InChI=1S/C23H30FN3O4/c1-14(2)22-25-23(31-26-22)27-7-5-16(6-8-27)19-11-18(19)13-30-12-17-4-3-15(9-20(17)24)10-21(28)29/h3-4,9,14,16,18-19H,5-8,10-13H2,1-2H3,(H,28,29). The highest BCUT2D eigenvalue weighted by molar-refractivity contribution is 5.70. The molecule has 8 heteroatoms. The van der Waals surface area contributed by atoms with Crippen LogP contribution in [0.5, 0.6) is 0 Å². The fraction of sp³-hybridized carbons (Fsp3) is 0.609. The van der Waals surface area contributed by atoms with Crippen LogP contribution in [0.25, 0.3) is 0 Å². The third kappa shape index (κ3) is 5.42. The molecule has 2 heterocycles. The van der Waals surface area contributed by atoms with E-state index in [0.717, 1.165) is 31.8 Å². The Morgan fingerprint density at radius 2 is 2.13 bits per heavy atom. The van der Waals surface area contributed by atoms with Crippen LogP contribution in [-0.4, -0.2) is 40.9 Å². The van der Waals surface area contributed by atoms with Gasteiger partial charge in [-0.25, -0.2) is 4.39 Å². The Hall–Kier alpha value is -2.48. The summed E-state index contributed by atoms with van der Waals surface area (Å²) in [6, 6.07) is 5.19. The quantitative estimate of drug-likeness (QED) is 0.641. The molecule has 31 heavy (non-hydrogen) atoms. The Balaban J connectivity index is 1.18. The average molecular weight is 432 g/mol. The van der Waals surface area contributed by atoms with Gasteiger partial charge in [0.1, 0.15) is 5.82 Å². The van der Waals surface area contributed by atoms with Crippen LogP contribution in [0.3, 0.4) is 0 Å². The highest BCUT2D eigenvalue weighted by Gasteiger charge is 2.43. The van der Waals surface area contributed by atoms with Crippen molar-refractivity contribution in [3.8, 4) is 0 Å². The molecule has 1 aromatic carbocycles. The van der Waals surface area contributed by atoms with Gasteiger partial charge in [-0.2, -0.15) is 4.98 Å². The summed E-state index contributed by atoms with van der Waals surface area (Å²) in [5.74, 6) is 1.56. The van der Waals surface area contributed by atoms with Gasteiger partial charge in [-0.3, -0.25) is 4.79 Å². The zero-order chi connectivity index (χ0) is 22.0. The van der Waals surface area contributed by atoms with E-state index in [4.69, 9.17) is 14.4 Å². The van der Waals surface area contributed by atoms with E-state index in [2.05, 4.69) is 28.9 Å². The lowest BCUT2D eigenvalue weighted by molar-refractivity contribution is -0.136. The molecule has 0 spiro atoms. The first-order chi connectivity index (χ1) is 14.9. The van der Waals surface area contributed by atoms with E-state index in [1.54, 1.807) is 12.1 Å². The average Bonchev–Trinajstić information content (AvgIpc) is 3.32. The maximum Gasteiger partial charge on any atom is 0.324 e. The van der Waals surface area contributed by atoms with Crippen molar-refractivity contribution >= 4 is 12.0 Å². The van der Waals surface area contributed by atoms with Gasteiger partial charge in [-0.05, 0) is 48.6 Å². The van der Waals surface area contributed by atoms with Gasteiger partial charge in [0.15, 0.2) is 5.82 Å². The maximum atomic E-state index is 14.1. The summed E-state index contributed by atoms with van der Waals surface area (Å²) in [6.07, 6.45) is 3.22. The number of hydrogen-bond acceptors (Lipinski definition) is 6. The van der Waals surface area contributed by atoms with Gasteiger partial charge >= 0.3 is 12.0 Å². The fourth-order valence-electron chi connectivity index (χ4n) is 4.46. The number of anilines is 1. The van der Waals surface area contributed by atoms with Crippen LogP contribution in [0.1, 0.15) is 56.0 Å². The maximum absolute atomic E-state index is 14.1. The topological polar surface area (TPSA) is 88.7 Å². The SMILES string of the molecule is CC(C)c1noc(N2CCC(C3CC3COCc3ccc(CC(=O)O)cc3F)CC2)n1. The smallest absolute Gasteiger partial charge is 0.324 e. The number of nitrogens with zero attached hydrogens (tertiary/aromatic N) is 3. The van der Waals surface area contributed by atoms with Crippen LogP contribution in [0.2, 0.25) is 0 Å². The minimum atomic E-state index is -0.966. The number of carboxylic acid groups (broad SMARTS) is 1. The minimum Gasteiger partial charge on any atom is -0.481 e. The van der Waals surface area contributed by atoms with Crippen LogP contribution < -0.4 is 4.90 Å². The highest BCUT2D eigenvalue weighted by atomic mass is 19.1. The van der Waals surface area contributed by atoms with Gasteiger partial charge in [0, 0.05) is 24.6 Å². The van der Waals surface area contributed by atoms with Crippen molar-refractivity contribution in [1.82, 2.24) is 10.1 Å². The summed E-state index contributed by atoms with van der Waals surface area (Å²) in [6.45, 7) is 6.83. The fourth-order valence-corrected chi connectivity index (χ4v) is 4.46. The predicted molar refractivity (Wildman–Crippen MR) is 112 cm³/mol. The van der Waals surface area contributed by atoms with E-state index in [-0.39, 0.29) is 18.9 Å². The second kappa shape index (κ2) is 9.34. The van der Waals surface area contributed by atoms with Crippen molar-refractivity contribution in [1.29, 1.82) is 0 Å². The summed E-state index contributed by atoms with van der Waals surface area (Å²) >= 11 is 0. The summed E-state index contributed by atoms with van der Waals surface area (Å²) < 4.78 is 25.3. The summed E-state index contributed by atoms with van der Waals surface area (Å²) in [7, 11) is 0. The number of ether oxygens (including phenoxy) is 1. The monoisotopic (exact) mass is 431 g/mol. The van der Waals surface area contributed by atoms with E-state index in [0.29, 0.717) is 41.5 Å².